The average molecular weight is 423 g/mol. The second-order valence-electron chi connectivity index (χ2n) is 8.08. The molecule has 5 rings (SSSR count). The van der Waals surface area contributed by atoms with E-state index in [0.29, 0.717) is 10.6 Å². The van der Waals surface area contributed by atoms with Crippen LogP contribution in [0.1, 0.15) is 33.0 Å². The van der Waals surface area contributed by atoms with Crippen molar-refractivity contribution in [2.75, 3.05) is 36.8 Å². The minimum absolute atomic E-state index is 0.0937. The molecule has 156 valence electrons. The van der Waals surface area contributed by atoms with Gasteiger partial charge in [0.05, 0.1) is 5.69 Å². The van der Waals surface area contributed by atoms with E-state index in [2.05, 4.69) is 32.7 Å². The van der Waals surface area contributed by atoms with E-state index in [1.165, 1.54) is 16.9 Å². The number of nitrogen functional groups attached to an aromatic ring is 1. The average Bonchev–Trinajstić information content (AvgIpc) is 3.09. The molecular formula is C22H26N6OS. The number of carbonyl (C=O) groups excluding carboxylic acids is 1. The number of rotatable bonds is 3. The van der Waals surface area contributed by atoms with Crippen LogP contribution in [0.15, 0.2) is 24.3 Å². The molecule has 1 aliphatic heterocycles. The number of pyridine rings is 2. The second-order valence-corrected chi connectivity index (χ2v) is 9.07. The van der Waals surface area contributed by atoms with Crippen LogP contribution in [0.25, 0.3) is 10.2 Å². The smallest absolute Gasteiger partial charge is 0.263 e. The molecule has 1 fully saturated rings. The van der Waals surface area contributed by atoms with Crippen LogP contribution in [-0.2, 0) is 12.8 Å². The highest BCUT2D eigenvalue weighted by molar-refractivity contribution is 7.21. The van der Waals surface area contributed by atoms with Crippen LogP contribution in [0, 0.1) is 6.92 Å². The molecule has 2 aliphatic rings. The fourth-order valence-electron chi connectivity index (χ4n) is 4.30. The normalized spacial score (nSPS) is 19.0. The number of hydrogen-bond donors (Lipinski definition) is 3. The molecule has 3 aromatic heterocycles. The molecule has 0 bridgehead atoms. The van der Waals surface area contributed by atoms with Gasteiger partial charge in [-0.15, -0.1) is 11.3 Å². The van der Waals surface area contributed by atoms with E-state index in [4.69, 9.17) is 10.7 Å². The fourth-order valence-corrected chi connectivity index (χ4v) is 5.34. The monoisotopic (exact) mass is 422 g/mol. The first-order valence-corrected chi connectivity index (χ1v) is 11.3. The van der Waals surface area contributed by atoms with Crippen molar-refractivity contribution in [2.45, 2.75) is 32.2 Å². The predicted octanol–water partition coefficient (Wildman–Crippen LogP) is 2.28. The van der Waals surface area contributed by atoms with Crippen LogP contribution in [0.4, 0.5) is 11.5 Å². The number of aryl methyl sites for hydroxylation is 2. The van der Waals surface area contributed by atoms with Gasteiger partial charge in [-0.2, -0.15) is 0 Å². The van der Waals surface area contributed by atoms with Gasteiger partial charge in [0, 0.05) is 49.0 Å². The van der Waals surface area contributed by atoms with Crippen molar-refractivity contribution in [3.63, 3.8) is 0 Å². The van der Waals surface area contributed by atoms with Gasteiger partial charge in [0.25, 0.3) is 5.91 Å². The van der Waals surface area contributed by atoms with Gasteiger partial charge in [-0.1, -0.05) is 6.07 Å². The Bertz CT molecular complexity index is 1100. The van der Waals surface area contributed by atoms with Crippen LogP contribution in [-0.4, -0.2) is 48.1 Å². The van der Waals surface area contributed by atoms with Gasteiger partial charge in [0.15, 0.2) is 0 Å². The molecule has 0 spiro atoms. The molecule has 3 aromatic rings. The number of anilines is 2. The molecule has 4 N–H and O–H groups in total. The highest BCUT2D eigenvalue weighted by Gasteiger charge is 2.25. The number of amides is 1. The maximum absolute atomic E-state index is 12.9. The molecule has 7 nitrogen and oxygen atoms in total. The number of aromatic nitrogens is 2. The molecular weight excluding hydrogens is 396 g/mol. The van der Waals surface area contributed by atoms with Gasteiger partial charge in [-0.3, -0.25) is 4.79 Å². The number of piperazine rings is 1. The summed E-state index contributed by atoms with van der Waals surface area (Å²) in [6, 6.07) is 8.26. The topological polar surface area (TPSA) is 96.2 Å². The first kappa shape index (κ1) is 19.3. The Labute approximate surface area is 179 Å². The lowest BCUT2D eigenvalue weighted by molar-refractivity contribution is 0.0938. The highest BCUT2D eigenvalue weighted by Crippen LogP contribution is 2.33. The predicted molar refractivity (Wildman–Crippen MR) is 121 cm³/mol. The summed E-state index contributed by atoms with van der Waals surface area (Å²) < 4.78 is 0. The Balaban J connectivity index is 1.29. The zero-order chi connectivity index (χ0) is 20.7. The Morgan fingerprint density at radius 1 is 1.23 bits per heavy atom. The summed E-state index contributed by atoms with van der Waals surface area (Å²) in [4.78, 5) is 26.1. The van der Waals surface area contributed by atoms with Gasteiger partial charge in [-0.05, 0) is 49.9 Å². The lowest BCUT2D eigenvalue weighted by Crippen LogP contribution is -2.44. The molecule has 0 unspecified atom stereocenters. The van der Waals surface area contributed by atoms with Crippen LogP contribution >= 0.6 is 11.3 Å². The zero-order valence-electron chi connectivity index (χ0n) is 17.1. The van der Waals surface area contributed by atoms with Gasteiger partial charge in [-0.25, -0.2) is 9.97 Å². The summed E-state index contributed by atoms with van der Waals surface area (Å²) in [7, 11) is 0. The van der Waals surface area contributed by atoms with E-state index < -0.39 is 0 Å². The number of carbonyl (C=O) groups is 1. The Morgan fingerprint density at radius 2 is 2.07 bits per heavy atom. The summed E-state index contributed by atoms with van der Waals surface area (Å²) >= 11 is 1.37. The summed E-state index contributed by atoms with van der Waals surface area (Å²) in [6.07, 6.45) is 2.57. The van der Waals surface area contributed by atoms with E-state index >= 15 is 0 Å². The van der Waals surface area contributed by atoms with Crippen LogP contribution in [0.3, 0.4) is 0 Å². The molecule has 30 heavy (non-hydrogen) atoms. The maximum Gasteiger partial charge on any atom is 0.263 e. The second kappa shape index (κ2) is 7.85. The minimum Gasteiger partial charge on any atom is -0.397 e. The molecule has 0 aromatic carbocycles. The van der Waals surface area contributed by atoms with Crippen LogP contribution in [0.2, 0.25) is 0 Å². The fraction of sp³-hybridized carbons (Fsp3) is 0.409. The number of fused-ring (bicyclic) bond motifs is 2. The summed E-state index contributed by atoms with van der Waals surface area (Å²) in [5.74, 6) is 0.963. The Hall–Kier alpha value is -2.71. The first-order valence-electron chi connectivity index (χ1n) is 10.5. The quantitative estimate of drug-likeness (QED) is 0.599. The van der Waals surface area contributed by atoms with E-state index in [-0.39, 0.29) is 11.9 Å². The number of nitrogens with one attached hydrogen (secondary N) is 2. The minimum atomic E-state index is -0.105. The van der Waals surface area contributed by atoms with Crippen LogP contribution in [0.5, 0.6) is 0 Å². The third-order valence-electron chi connectivity index (χ3n) is 5.97. The summed E-state index contributed by atoms with van der Waals surface area (Å²) in [5.41, 5.74) is 10.1. The molecule has 1 aliphatic carbocycles. The summed E-state index contributed by atoms with van der Waals surface area (Å²) in [5, 5.41) is 7.42. The maximum atomic E-state index is 12.9. The van der Waals surface area contributed by atoms with E-state index in [9.17, 15) is 4.79 Å². The van der Waals surface area contributed by atoms with Crippen molar-refractivity contribution in [2.24, 2.45) is 0 Å². The largest absolute Gasteiger partial charge is 0.397 e. The van der Waals surface area contributed by atoms with Crippen molar-refractivity contribution in [3.8, 4) is 0 Å². The molecule has 1 saturated heterocycles. The van der Waals surface area contributed by atoms with Gasteiger partial charge < -0.3 is 21.3 Å². The van der Waals surface area contributed by atoms with Crippen LogP contribution < -0.4 is 21.3 Å². The lowest BCUT2D eigenvalue weighted by atomic mass is 9.91. The van der Waals surface area contributed by atoms with Crippen molar-refractivity contribution >= 4 is 39.0 Å². The molecule has 1 atom stereocenters. The highest BCUT2D eigenvalue weighted by atomic mass is 32.1. The van der Waals surface area contributed by atoms with E-state index in [1.54, 1.807) is 0 Å². The molecule has 4 heterocycles. The number of thiophene rings is 1. The van der Waals surface area contributed by atoms with Gasteiger partial charge in [0.2, 0.25) is 0 Å². The van der Waals surface area contributed by atoms with Gasteiger partial charge >= 0.3 is 0 Å². The number of nitrogens with zero attached hydrogens (tertiary/aromatic N) is 3. The molecule has 8 heteroatoms. The van der Waals surface area contributed by atoms with Crippen molar-refractivity contribution in [1.29, 1.82) is 0 Å². The Kier molecular flexibility index (Phi) is 5.04. The summed E-state index contributed by atoms with van der Waals surface area (Å²) in [6.45, 7) is 5.94. The molecule has 0 radical (unpaired) electrons. The van der Waals surface area contributed by atoms with Crippen molar-refractivity contribution in [3.05, 3.63) is 46.1 Å². The zero-order valence-corrected chi connectivity index (χ0v) is 17.9. The SMILES string of the molecule is Cc1ccc2c(N)c(C(=O)N[C@H]3CCc4nc(N5CCNCC5)ccc4C3)sc2n1. The third kappa shape index (κ3) is 3.61. The van der Waals surface area contributed by atoms with Crippen molar-refractivity contribution in [1.82, 2.24) is 20.6 Å². The van der Waals surface area contributed by atoms with E-state index in [0.717, 1.165) is 72.9 Å². The van der Waals surface area contributed by atoms with Gasteiger partial charge in [0.1, 0.15) is 15.5 Å². The number of hydrogen-bond acceptors (Lipinski definition) is 7. The van der Waals surface area contributed by atoms with E-state index in [1.807, 2.05) is 19.1 Å². The van der Waals surface area contributed by atoms with Crippen molar-refractivity contribution < 1.29 is 4.79 Å². The first-order chi connectivity index (χ1) is 14.6. The standard InChI is InChI=1S/C22H26N6OS/c1-13-2-5-16-19(23)20(30-22(16)25-13)21(29)26-15-4-6-17-14(12-15)3-7-18(27-17)28-10-8-24-9-11-28/h2-3,5,7,15,24H,4,6,8-12,23H2,1H3,(H,26,29)/t15-/m0/s1. The third-order valence-corrected chi connectivity index (χ3v) is 7.08. The Morgan fingerprint density at radius 3 is 2.90 bits per heavy atom. The molecule has 0 saturated carbocycles. The molecule has 1 amide bonds. The number of nitrogens with two attached hydrogens (primary N) is 1. The lowest BCUT2D eigenvalue weighted by Gasteiger charge is -2.30.